The van der Waals surface area contributed by atoms with Gasteiger partial charge in [-0.15, -0.1) is 0 Å². The van der Waals surface area contributed by atoms with Crippen LogP contribution in [0, 0.1) is 0 Å². The van der Waals surface area contributed by atoms with Crippen molar-refractivity contribution < 1.29 is 22.7 Å². The zero-order chi connectivity index (χ0) is 25.0. The molecule has 1 saturated heterocycles. The summed E-state index contributed by atoms with van der Waals surface area (Å²) in [5.41, 5.74) is 5.89. The Morgan fingerprint density at radius 1 is 1.17 bits per heavy atom. The molecule has 4 rings (SSSR count). The minimum atomic E-state index is -4.48. The van der Waals surface area contributed by atoms with Crippen LogP contribution in [0.5, 0.6) is 0 Å². The quantitative estimate of drug-likeness (QED) is 0.412. The molecule has 1 amide bonds. The van der Waals surface area contributed by atoms with Crippen molar-refractivity contribution in [3.05, 3.63) is 41.6 Å². The topological polar surface area (TPSA) is 118 Å². The first-order chi connectivity index (χ1) is 16.7. The fourth-order valence-corrected chi connectivity index (χ4v) is 3.97. The van der Waals surface area contributed by atoms with Gasteiger partial charge in [-0.1, -0.05) is 0 Å². The number of amides is 1. The zero-order valence-corrected chi connectivity index (χ0v) is 19.2. The molecular weight excluding hydrogens is 463 g/mol. The van der Waals surface area contributed by atoms with Crippen molar-refractivity contribution in [2.24, 2.45) is 0 Å². The predicted molar refractivity (Wildman–Crippen MR) is 127 cm³/mol. The van der Waals surface area contributed by atoms with Crippen LogP contribution in [0.15, 0.2) is 30.5 Å². The van der Waals surface area contributed by atoms with Gasteiger partial charge in [-0.2, -0.15) is 18.2 Å². The number of carbonyl (C=O) groups is 1. The molecule has 1 aromatic carbocycles. The Bertz CT molecular complexity index is 1210. The standard InChI is InChI=1S/C23H26F3N7O2/c1-35-13-20(34)31-22-30-18-12-29-19(33-6-2-3-7-33)11-17(18)21(32-22)28-5-4-14-8-15(23(24,25)26)10-16(27)9-14/h8-12H,2-7,13,27H2,1H3,(H2,28,30,31,32,34). The number of methoxy groups -OCH3 is 1. The Labute approximate surface area is 199 Å². The number of hydrogen-bond donors (Lipinski definition) is 3. The first-order valence-corrected chi connectivity index (χ1v) is 11.1. The summed E-state index contributed by atoms with van der Waals surface area (Å²) in [4.78, 5) is 27.5. The Morgan fingerprint density at radius 2 is 1.94 bits per heavy atom. The highest BCUT2D eigenvalue weighted by Gasteiger charge is 2.31. The maximum absolute atomic E-state index is 13.1. The Hall–Kier alpha value is -3.67. The number of nitrogens with zero attached hydrogens (tertiary/aromatic N) is 4. The monoisotopic (exact) mass is 489 g/mol. The van der Waals surface area contributed by atoms with Crippen LogP contribution in [-0.4, -0.2) is 54.2 Å². The lowest BCUT2D eigenvalue weighted by Gasteiger charge is -2.18. The van der Waals surface area contributed by atoms with Gasteiger partial charge in [0.1, 0.15) is 18.2 Å². The zero-order valence-electron chi connectivity index (χ0n) is 19.2. The number of hydrogen-bond acceptors (Lipinski definition) is 8. The van der Waals surface area contributed by atoms with Gasteiger partial charge in [0.25, 0.3) is 5.91 Å². The summed E-state index contributed by atoms with van der Waals surface area (Å²) in [6.07, 6.45) is -0.406. The molecule has 35 heavy (non-hydrogen) atoms. The van der Waals surface area contributed by atoms with E-state index in [1.165, 1.54) is 13.2 Å². The lowest BCUT2D eigenvalue weighted by molar-refractivity contribution is -0.137. The maximum Gasteiger partial charge on any atom is 0.416 e. The number of carbonyl (C=O) groups excluding carboxylic acids is 1. The number of anilines is 4. The third-order valence-corrected chi connectivity index (χ3v) is 5.57. The molecule has 1 fully saturated rings. The molecule has 0 bridgehead atoms. The number of aromatic nitrogens is 3. The van der Waals surface area contributed by atoms with Gasteiger partial charge in [0.2, 0.25) is 5.95 Å². The van der Waals surface area contributed by atoms with Gasteiger partial charge >= 0.3 is 6.18 Å². The first-order valence-electron chi connectivity index (χ1n) is 11.1. The molecule has 3 aromatic rings. The highest BCUT2D eigenvalue weighted by atomic mass is 19.4. The van der Waals surface area contributed by atoms with Crippen LogP contribution in [0.4, 0.5) is 36.4 Å². The minimum absolute atomic E-state index is 0.0479. The molecule has 0 spiro atoms. The third-order valence-electron chi connectivity index (χ3n) is 5.57. The highest BCUT2D eigenvalue weighted by molar-refractivity contribution is 5.95. The largest absolute Gasteiger partial charge is 0.416 e. The summed E-state index contributed by atoms with van der Waals surface area (Å²) in [6, 6.07) is 5.39. The molecule has 0 atom stereocenters. The number of pyridine rings is 1. The van der Waals surface area contributed by atoms with Crippen molar-refractivity contribution in [1.82, 2.24) is 15.0 Å². The van der Waals surface area contributed by atoms with Gasteiger partial charge in [-0.05, 0) is 49.1 Å². The van der Waals surface area contributed by atoms with E-state index in [4.69, 9.17) is 10.5 Å². The average molecular weight is 490 g/mol. The van der Waals surface area contributed by atoms with E-state index in [2.05, 4.69) is 30.5 Å². The van der Waals surface area contributed by atoms with Crippen LogP contribution in [0.25, 0.3) is 10.9 Å². The summed E-state index contributed by atoms with van der Waals surface area (Å²) >= 11 is 0. The number of nitrogens with one attached hydrogen (secondary N) is 2. The van der Waals surface area contributed by atoms with Crippen LogP contribution in [0.3, 0.4) is 0 Å². The fourth-order valence-electron chi connectivity index (χ4n) is 3.97. The maximum atomic E-state index is 13.1. The second-order valence-corrected chi connectivity index (χ2v) is 8.27. The second-order valence-electron chi connectivity index (χ2n) is 8.27. The highest BCUT2D eigenvalue weighted by Crippen LogP contribution is 2.32. The van der Waals surface area contributed by atoms with E-state index in [0.717, 1.165) is 43.9 Å². The summed E-state index contributed by atoms with van der Waals surface area (Å²) in [5, 5.41) is 6.44. The van der Waals surface area contributed by atoms with Gasteiger partial charge < -0.3 is 20.7 Å². The van der Waals surface area contributed by atoms with E-state index >= 15 is 0 Å². The molecule has 9 nitrogen and oxygen atoms in total. The van der Waals surface area contributed by atoms with E-state index in [1.54, 1.807) is 6.20 Å². The van der Waals surface area contributed by atoms with Gasteiger partial charge in [0, 0.05) is 37.8 Å². The van der Waals surface area contributed by atoms with Crippen LogP contribution < -0.4 is 21.3 Å². The van der Waals surface area contributed by atoms with E-state index in [0.29, 0.717) is 22.3 Å². The van der Waals surface area contributed by atoms with E-state index in [1.807, 2.05) is 6.07 Å². The number of ether oxygens (including phenoxy) is 1. The Morgan fingerprint density at radius 3 is 2.66 bits per heavy atom. The molecular formula is C23H26F3N7O2. The number of rotatable bonds is 8. The lowest BCUT2D eigenvalue weighted by atomic mass is 10.1. The van der Waals surface area contributed by atoms with Gasteiger partial charge in [-0.25, -0.2) is 9.97 Å². The van der Waals surface area contributed by atoms with Crippen LogP contribution >= 0.6 is 0 Å². The second kappa shape index (κ2) is 10.3. The molecule has 12 heteroatoms. The molecule has 1 aliphatic rings. The van der Waals surface area contributed by atoms with Crippen molar-refractivity contribution in [2.45, 2.75) is 25.4 Å². The first kappa shape index (κ1) is 24.5. The lowest BCUT2D eigenvalue weighted by Crippen LogP contribution is -2.20. The molecule has 2 aromatic heterocycles. The van der Waals surface area contributed by atoms with E-state index in [9.17, 15) is 18.0 Å². The number of alkyl halides is 3. The van der Waals surface area contributed by atoms with Crippen molar-refractivity contribution in [1.29, 1.82) is 0 Å². The molecule has 1 aliphatic heterocycles. The number of benzene rings is 1. The van der Waals surface area contributed by atoms with Crippen LogP contribution in [-0.2, 0) is 22.1 Å². The summed E-state index contributed by atoms with van der Waals surface area (Å²) in [6.45, 7) is 1.93. The van der Waals surface area contributed by atoms with Crippen molar-refractivity contribution in [3.63, 3.8) is 0 Å². The van der Waals surface area contributed by atoms with Crippen molar-refractivity contribution >= 4 is 40.1 Å². The van der Waals surface area contributed by atoms with Crippen LogP contribution in [0.2, 0.25) is 0 Å². The molecule has 3 heterocycles. The van der Waals surface area contributed by atoms with E-state index in [-0.39, 0.29) is 31.2 Å². The average Bonchev–Trinajstić information content (AvgIpc) is 3.33. The van der Waals surface area contributed by atoms with Gasteiger partial charge in [0.05, 0.1) is 17.3 Å². The fraction of sp³-hybridized carbons (Fsp3) is 0.391. The predicted octanol–water partition coefficient (Wildman–Crippen LogP) is 3.47. The smallest absolute Gasteiger partial charge is 0.399 e. The van der Waals surface area contributed by atoms with Crippen molar-refractivity contribution in [2.75, 3.05) is 54.6 Å². The molecule has 0 saturated carbocycles. The number of fused-ring (bicyclic) bond motifs is 1. The molecule has 0 unspecified atom stereocenters. The number of nitrogens with two attached hydrogens (primary N) is 1. The summed E-state index contributed by atoms with van der Waals surface area (Å²) in [5.74, 6) is 0.883. The van der Waals surface area contributed by atoms with Gasteiger partial charge in [-0.3, -0.25) is 10.1 Å². The Kier molecular flexibility index (Phi) is 7.20. The minimum Gasteiger partial charge on any atom is -0.399 e. The molecule has 0 radical (unpaired) electrons. The molecule has 0 aliphatic carbocycles. The number of nitrogen functional groups attached to an aromatic ring is 1. The Balaban J connectivity index is 1.60. The molecule has 4 N–H and O–H groups in total. The third kappa shape index (κ3) is 6.07. The summed E-state index contributed by atoms with van der Waals surface area (Å²) in [7, 11) is 1.40. The van der Waals surface area contributed by atoms with Crippen molar-refractivity contribution in [3.8, 4) is 0 Å². The van der Waals surface area contributed by atoms with Crippen LogP contribution in [0.1, 0.15) is 24.0 Å². The molecule has 186 valence electrons. The van der Waals surface area contributed by atoms with E-state index < -0.39 is 17.6 Å². The van der Waals surface area contributed by atoms with Gasteiger partial charge in [0.15, 0.2) is 0 Å². The SMILES string of the molecule is COCC(=O)Nc1nc(NCCc2cc(N)cc(C(F)(F)F)c2)c2cc(N3CCCC3)ncc2n1. The normalized spacial score (nSPS) is 13.9. The number of halogens is 3. The summed E-state index contributed by atoms with van der Waals surface area (Å²) < 4.78 is 44.2.